The molecule has 1 aliphatic rings. The molecule has 0 fully saturated rings. The van der Waals surface area contributed by atoms with Gasteiger partial charge in [0.05, 0.1) is 0 Å². The van der Waals surface area contributed by atoms with Gasteiger partial charge in [-0.25, -0.2) is 0 Å². The van der Waals surface area contributed by atoms with Gasteiger partial charge in [0.1, 0.15) is 0 Å². The fourth-order valence-corrected chi connectivity index (χ4v) is 10.1. The second-order valence-electron chi connectivity index (χ2n) is 28.6. The molecule has 0 aliphatic heterocycles. The third kappa shape index (κ3) is 11.0. The van der Waals surface area contributed by atoms with Gasteiger partial charge >= 0.3 is 0 Å². The van der Waals surface area contributed by atoms with Gasteiger partial charge in [0.25, 0.3) is 0 Å². The second-order valence-corrected chi connectivity index (χ2v) is 28.6. The zero-order valence-electron chi connectivity index (χ0n) is 47.4. The summed E-state index contributed by atoms with van der Waals surface area (Å²) in [6.07, 6.45) is 4.59. The molecule has 362 valence electrons. The highest BCUT2D eigenvalue weighted by atomic mass is 14.4. The normalized spacial score (nSPS) is 16.2. The lowest BCUT2D eigenvalue weighted by Crippen LogP contribution is -2.25. The first-order valence-corrected chi connectivity index (χ1v) is 25.7. The summed E-state index contributed by atoms with van der Waals surface area (Å²) < 4.78 is 0. The molecule has 1 aliphatic carbocycles. The fraction of sp³-hybridized carbons (Fsp3) is 0.485. The van der Waals surface area contributed by atoms with Gasteiger partial charge in [-0.1, -0.05) is 269 Å². The molecule has 0 nitrogen and oxygen atoms in total. The maximum Gasteiger partial charge on any atom is 0.0306 e. The summed E-state index contributed by atoms with van der Waals surface area (Å²) in [5.41, 5.74) is 21.7. The lowest BCUT2D eigenvalue weighted by Gasteiger charge is -2.40. The van der Waals surface area contributed by atoms with E-state index < -0.39 is 0 Å². The Hall–Kier alpha value is -4.42. The lowest BCUT2D eigenvalue weighted by molar-refractivity contribution is 0.561. The molecule has 0 saturated heterocycles. The van der Waals surface area contributed by atoms with E-state index in [1.54, 1.807) is 0 Å². The molecule has 0 N–H and O–H groups in total. The summed E-state index contributed by atoms with van der Waals surface area (Å²) >= 11 is 0. The van der Waals surface area contributed by atoms with Gasteiger partial charge in [-0.2, -0.15) is 0 Å². The Morgan fingerprint density at radius 2 is 0.647 bits per heavy atom. The highest BCUT2D eigenvalue weighted by molar-refractivity contribution is 6.26. The number of hydrogen-bond acceptors (Lipinski definition) is 0. The van der Waals surface area contributed by atoms with Crippen molar-refractivity contribution in [3.63, 3.8) is 0 Å². The summed E-state index contributed by atoms with van der Waals surface area (Å²) in [5, 5.41) is 0. The van der Waals surface area contributed by atoms with Gasteiger partial charge in [-0.3, -0.25) is 0 Å². The van der Waals surface area contributed by atoms with Crippen molar-refractivity contribution in [2.24, 2.45) is 0 Å². The Morgan fingerprint density at radius 3 is 1.04 bits per heavy atom. The van der Waals surface area contributed by atoms with Crippen molar-refractivity contribution < 1.29 is 0 Å². The van der Waals surface area contributed by atoms with Crippen LogP contribution in [0.4, 0.5) is 0 Å². The Bertz CT molecular complexity index is 2720. The van der Waals surface area contributed by atoms with Gasteiger partial charge in [-0.15, -0.1) is 0 Å². The fourth-order valence-electron chi connectivity index (χ4n) is 10.1. The van der Waals surface area contributed by atoms with Crippen LogP contribution in [0.15, 0.2) is 103 Å². The minimum Gasteiger partial charge on any atom is -0.0622 e. The van der Waals surface area contributed by atoms with E-state index >= 15 is 0 Å². The van der Waals surface area contributed by atoms with E-state index in [2.05, 4.69) is 276 Å². The molecule has 6 rings (SSSR count). The van der Waals surface area contributed by atoms with Crippen LogP contribution in [0.2, 0.25) is 0 Å². The molecule has 5 aromatic rings. The van der Waals surface area contributed by atoms with Crippen molar-refractivity contribution in [1.82, 2.24) is 0 Å². The summed E-state index contributed by atoms with van der Waals surface area (Å²) in [6.45, 7) is 57.0. The summed E-state index contributed by atoms with van der Waals surface area (Å²) in [5.74, 6) is -0.198. The molecular weight excluding hydrogens is 817 g/mol. The SMILES string of the molecule is CC(C)(C)c1ccc(C2=C(c3ccc(C(C)(C)C)cc3C(C)(C)C)C(c3ccccc3)=C(c3ccc(C(C)(C)C)cc3C(C)(C)C)C(c3ccc(C(C)(C)C)cc3C(C)(C)C)[C]2)c(C(C)(C)C)c1. The van der Waals surface area contributed by atoms with Gasteiger partial charge in [-0.05, 0) is 138 Å². The molecule has 0 saturated carbocycles. The van der Waals surface area contributed by atoms with Crippen LogP contribution in [0, 0.1) is 6.42 Å². The smallest absolute Gasteiger partial charge is 0.0306 e. The molecule has 0 bridgehead atoms. The second kappa shape index (κ2) is 17.8. The summed E-state index contributed by atoms with van der Waals surface area (Å²) in [4.78, 5) is 0. The average molecular weight is 907 g/mol. The van der Waals surface area contributed by atoms with Crippen LogP contribution < -0.4 is 0 Å². The van der Waals surface area contributed by atoms with Gasteiger partial charge in [0.2, 0.25) is 0 Å². The van der Waals surface area contributed by atoms with Crippen LogP contribution in [0.1, 0.15) is 244 Å². The minimum absolute atomic E-state index is 0.00813. The van der Waals surface area contributed by atoms with Crippen molar-refractivity contribution in [2.75, 3.05) is 0 Å². The number of rotatable bonds is 5. The van der Waals surface area contributed by atoms with Crippen LogP contribution in [0.5, 0.6) is 0 Å². The van der Waals surface area contributed by atoms with E-state index in [9.17, 15) is 0 Å². The van der Waals surface area contributed by atoms with Gasteiger partial charge in [0, 0.05) is 12.3 Å². The third-order valence-electron chi connectivity index (χ3n) is 14.4. The number of hydrogen-bond donors (Lipinski definition) is 0. The predicted octanol–water partition coefficient (Wildman–Crippen LogP) is 19.5. The maximum absolute atomic E-state index is 4.59. The monoisotopic (exact) mass is 907 g/mol. The van der Waals surface area contributed by atoms with E-state index in [0.29, 0.717) is 0 Å². The van der Waals surface area contributed by atoms with Crippen molar-refractivity contribution in [1.29, 1.82) is 0 Å². The zero-order chi connectivity index (χ0) is 51.1. The van der Waals surface area contributed by atoms with E-state index in [0.717, 1.165) is 0 Å². The highest BCUT2D eigenvalue weighted by Crippen LogP contribution is 2.58. The first-order chi connectivity index (χ1) is 30.8. The minimum atomic E-state index is -0.198. The largest absolute Gasteiger partial charge is 0.0622 e. The predicted molar refractivity (Wildman–Crippen MR) is 301 cm³/mol. The average Bonchev–Trinajstić information content (AvgIpc) is 3.19. The molecular formula is C68H90. The van der Waals surface area contributed by atoms with Crippen molar-refractivity contribution in [2.45, 2.75) is 215 Å². The molecule has 0 aromatic heterocycles. The standard InChI is InChI=1S/C68H90/c1-61(2,3)44-30-34-48(54(38-44)65(13,14)15)52-42-53(49-35-31-45(62(4,5)6)39-55(49)66(16,17)18)60(51-37-33-47(64(10,11)12)41-57(51)68(22,23)24)58(43-28-26-25-27-29-43)59(52)50-36-32-46(63(7,8)9)40-56(50)67(19,20)21/h25-41,52H,1-24H3. The molecule has 0 heteroatoms. The van der Waals surface area contributed by atoms with Crippen LogP contribution in [0.25, 0.3) is 22.3 Å². The Kier molecular flexibility index (Phi) is 13.8. The molecule has 0 spiro atoms. The summed E-state index contributed by atoms with van der Waals surface area (Å²) in [6, 6.07) is 41.1. The van der Waals surface area contributed by atoms with Crippen molar-refractivity contribution in [3.8, 4) is 0 Å². The maximum atomic E-state index is 4.59. The van der Waals surface area contributed by atoms with Crippen molar-refractivity contribution in [3.05, 3.63) is 182 Å². The Morgan fingerprint density at radius 1 is 0.309 bits per heavy atom. The number of allylic oxidation sites excluding steroid dienone is 4. The molecule has 5 aromatic carbocycles. The van der Waals surface area contributed by atoms with E-state index in [-0.39, 0.29) is 49.2 Å². The third-order valence-corrected chi connectivity index (χ3v) is 14.4. The van der Waals surface area contributed by atoms with Crippen LogP contribution >= 0.6 is 0 Å². The first kappa shape index (κ1) is 52.9. The first-order valence-electron chi connectivity index (χ1n) is 25.7. The molecule has 0 amide bonds. The summed E-state index contributed by atoms with van der Waals surface area (Å²) in [7, 11) is 0. The molecule has 1 atom stereocenters. The van der Waals surface area contributed by atoms with E-state index in [1.165, 1.54) is 94.6 Å². The Labute approximate surface area is 417 Å². The molecule has 1 unspecified atom stereocenters. The van der Waals surface area contributed by atoms with E-state index in [4.69, 9.17) is 0 Å². The van der Waals surface area contributed by atoms with Gasteiger partial charge in [0.15, 0.2) is 0 Å². The highest BCUT2D eigenvalue weighted by Gasteiger charge is 2.41. The van der Waals surface area contributed by atoms with Crippen LogP contribution in [0.3, 0.4) is 0 Å². The number of benzene rings is 5. The molecule has 2 radical (unpaired) electrons. The van der Waals surface area contributed by atoms with Crippen LogP contribution in [-0.2, 0) is 43.3 Å². The quantitative estimate of drug-likeness (QED) is 0.165. The van der Waals surface area contributed by atoms with Crippen molar-refractivity contribution >= 4 is 22.3 Å². The van der Waals surface area contributed by atoms with Crippen LogP contribution in [-0.4, -0.2) is 0 Å². The molecule has 0 heterocycles. The molecule has 68 heavy (non-hydrogen) atoms. The van der Waals surface area contributed by atoms with E-state index in [1.807, 2.05) is 0 Å². The zero-order valence-corrected chi connectivity index (χ0v) is 47.4. The van der Waals surface area contributed by atoms with Gasteiger partial charge < -0.3 is 0 Å². The lowest BCUT2D eigenvalue weighted by atomic mass is 9.63. The topological polar surface area (TPSA) is 0 Å². The Balaban J connectivity index is 2.02.